The van der Waals surface area contributed by atoms with Crippen molar-refractivity contribution in [2.75, 3.05) is 37.7 Å². The fraction of sp³-hybridized carbons (Fsp3) is 0.227. The van der Waals surface area contributed by atoms with Crippen molar-refractivity contribution in [3.8, 4) is 17.0 Å². The molecule has 0 saturated carbocycles. The Morgan fingerprint density at radius 1 is 0.967 bits per heavy atom. The lowest BCUT2D eigenvalue weighted by Crippen LogP contribution is -2.50. The number of para-hydroxylation sites is 1. The van der Waals surface area contributed by atoms with Gasteiger partial charge in [0.15, 0.2) is 24.0 Å². The fourth-order valence-electron chi connectivity index (χ4n) is 3.28. The number of hydrogen-bond donors (Lipinski definition) is 0. The minimum absolute atomic E-state index is 0.0818. The van der Waals surface area contributed by atoms with Gasteiger partial charge in [-0.25, -0.2) is 4.39 Å². The molecule has 0 aliphatic carbocycles. The topological polar surface area (TPSA) is 58.6 Å². The summed E-state index contributed by atoms with van der Waals surface area (Å²) in [7, 11) is 0. The molecular weight excluding hydrogens is 407 g/mol. The quantitative estimate of drug-likeness (QED) is 0.623. The molecule has 154 valence electrons. The summed E-state index contributed by atoms with van der Waals surface area (Å²) >= 11 is 6.22. The SMILES string of the molecule is O=C(COc1ccccc1F)N1CCN(c2ccc(-c3ccccc3Cl)nn2)CC1. The number of carbonyl (C=O) groups excluding carboxylic acids is 1. The molecule has 1 aliphatic heterocycles. The van der Waals surface area contributed by atoms with Gasteiger partial charge in [0, 0.05) is 31.7 Å². The Kier molecular flexibility index (Phi) is 6.09. The molecule has 8 heteroatoms. The van der Waals surface area contributed by atoms with Crippen molar-refractivity contribution in [3.05, 3.63) is 71.5 Å². The highest BCUT2D eigenvalue weighted by atomic mass is 35.5. The van der Waals surface area contributed by atoms with Crippen LogP contribution >= 0.6 is 11.6 Å². The predicted octanol–water partition coefficient (Wildman–Crippen LogP) is 3.66. The zero-order valence-electron chi connectivity index (χ0n) is 16.2. The second-order valence-corrected chi connectivity index (χ2v) is 7.25. The molecule has 4 rings (SSSR count). The molecule has 1 aromatic heterocycles. The molecule has 0 radical (unpaired) electrons. The number of amides is 1. The zero-order valence-corrected chi connectivity index (χ0v) is 16.9. The number of piperazine rings is 1. The lowest BCUT2D eigenvalue weighted by atomic mass is 10.1. The van der Waals surface area contributed by atoms with Gasteiger partial charge in [0.1, 0.15) is 0 Å². The molecule has 0 bridgehead atoms. The molecule has 3 aromatic rings. The van der Waals surface area contributed by atoms with E-state index in [1.54, 1.807) is 17.0 Å². The van der Waals surface area contributed by atoms with Crippen molar-refractivity contribution in [3.63, 3.8) is 0 Å². The maximum Gasteiger partial charge on any atom is 0.260 e. The Bertz CT molecular complexity index is 1020. The molecule has 2 heterocycles. The Balaban J connectivity index is 1.31. The molecule has 1 saturated heterocycles. The van der Waals surface area contributed by atoms with Gasteiger partial charge in [0.05, 0.1) is 10.7 Å². The van der Waals surface area contributed by atoms with Gasteiger partial charge in [0.2, 0.25) is 0 Å². The number of nitrogens with zero attached hydrogens (tertiary/aromatic N) is 4. The summed E-state index contributed by atoms with van der Waals surface area (Å²) in [6.45, 7) is 2.14. The second-order valence-electron chi connectivity index (χ2n) is 6.84. The van der Waals surface area contributed by atoms with Gasteiger partial charge < -0.3 is 14.5 Å². The Labute approximate surface area is 178 Å². The van der Waals surface area contributed by atoms with Gasteiger partial charge in [-0.15, -0.1) is 10.2 Å². The van der Waals surface area contributed by atoms with E-state index in [9.17, 15) is 9.18 Å². The van der Waals surface area contributed by atoms with E-state index < -0.39 is 5.82 Å². The van der Waals surface area contributed by atoms with Gasteiger partial charge in [-0.2, -0.15) is 0 Å². The minimum Gasteiger partial charge on any atom is -0.481 e. The Morgan fingerprint density at radius 2 is 1.70 bits per heavy atom. The molecule has 0 spiro atoms. The first-order chi connectivity index (χ1) is 14.6. The molecule has 1 amide bonds. The Hall–Kier alpha value is -3.19. The van der Waals surface area contributed by atoms with Crippen molar-refractivity contribution in [1.29, 1.82) is 0 Å². The van der Waals surface area contributed by atoms with E-state index >= 15 is 0 Å². The van der Waals surface area contributed by atoms with Crippen molar-refractivity contribution in [2.45, 2.75) is 0 Å². The monoisotopic (exact) mass is 426 g/mol. The van der Waals surface area contributed by atoms with Crippen LogP contribution in [0.4, 0.5) is 10.2 Å². The average Bonchev–Trinajstić information content (AvgIpc) is 2.79. The maximum absolute atomic E-state index is 13.6. The highest BCUT2D eigenvalue weighted by molar-refractivity contribution is 6.33. The number of halogens is 2. The number of ether oxygens (including phenoxy) is 1. The molecule has 1 fully saturated rings. The van der Waals surface area contributed by atoms with Crippen LogP contribution in [-0.4, -0.2) is 53.8 Å². The summed E-state index contributed by atoms with van der Waals surface area (Å²) in [6.07, 6.45) is 0. The third-order valence-electron chi connectivity index (χ3n) is 4.94. The van der Waals surface area contributed by atoms with E-state index in [2.05, 4.69) is 15.1 Å². The number of carbonyl (C=O) groups is 1. The first-order valence-corrected chi connectivity index (χ1v) is 9.98. The number of aromatic nitrogens is 2. The van der Waals surface area contributed by atoms with E-state index in [1.807, 2.05) is 36.4 Å². The third kappa shape index (κ3) is 4.52. The van der Waals surface area contributed by atoms with Crippen LogP contribution in [0.25, 0.3) is 11.3 Å². The number of benzene rings is 2. The molecule has 0 N–H and O–H groups in total. The van der Waals surface area contributed by atoms with Gasteiger partial charge in [0.25, 0.3) is 5.91 Å². The van der Waals surface area contributed by atoms with E-state index in [0.29, 0.717) is 36.9 Å². The smallest absolute Gasteiger partial charge is 0.260 e. The number of rotatable bonds is 5. The summed E-state index contributed by atoms with van der Waals surface area (Å²) in [5.41, 5.74) is 1.55. The van der Waals surface area contributed by atoms with Crippen LogP contribution in [0, 0.1) is 5.82 Å². The summed E-state index contributed by atoms with van der Waals surface area (Å²) in [5, 5.41) is 9.25. The van der Waals surface area contributed by atoms with Crippen LogP contribution in [0.5, 0.6) is 5.75 Å². The largest absolute Gasteiger partial charge is 0.481 e. The van der Waals surface area contributed by atoms with E-state index in [4.69, 9.17) is 16.3 Å². The molecule has 6 nitrogen and oxygen atoms in total. The number of hydrogen-bond acceptors (Lipinski definition) is 5. The van der Waals surface area contributed by atoms with Gasteiger partial charge in [-0.05, 0) is 30.3 Å². The maximum atomic E-state index is 13.6. The van der Waals surface area contributed by atoms with Gasteiger partial charge >= 0.3 is 0 Å². The van der Waals surface area contributed by atoms with Crippen molar-refractivity contribution in [1.82, 2.24) is 15.1 Å². The highest BCUT2D eigenvalue weighted by Gasteiger charge is 2.23. The van der Waals surface area contributed by atoms with Crippen molar-refractivity contribution in [2.24, 2.45) is 0 Å². The van der Waals surface area contributed by atoms with E-state index in [1.165, 1.54) is 12.1 Å². The molecule has 1 aliphatic rings. The molecule has 30 heavy (non-hydrogen) atoms. The molecular formula is C22H20ClFN4O2. The molecule has 0 atom stereocenters. The average molecular weight is 427 g/mol. The van der Waals surface area contributed by atoms with Crippen LogP contribution in [0.15, 0.2) is 60.7 Å². The second kappa shape index (κ2) is 9.09. The first kappa shape index (κ1) is 20.1. The highest BCUT2D eigenvalue weighted by Crippen LogP contribution is 2.26. The minimum atomic E-state index is -0.478. The van der Waals surface area contributed by atoms with Crippen LogP contribution in [0.3, 0.4) is 0 Å². The molecule has 0 unspecified atom stereocenters. The summed E-state index contributed by atoms with van der Waals surface area (Å²) in [4.78, 5) is 16.2. The Morgan fingerprint density at radius 3 is 2.40 bits per heavy atom. The summed E-state index contributed by atoms with van der Waals surface area (Å²) in [6, 6.07) is 17.3. The van der Waals surface area contributed by atoms with Crippen LogP contribution in [0.1, 0.15) is 0 Å². The summed E-state index contributed by atoms with van der Waals surface area (Å²) < 4.78 is 18.9. The number of anilines is 1. The predicted molar refractivity (Wildman–Crippen MR) is 113 cm³/mol. The molecule has 2 aromatic carbocycles. The van der Waals surface area contributed by atoms with Crippen LogP contribution < -0.4 is 9.64 Å². The van der Waals surface area contributed by atoms with Crippen molar-refractivity contribution < 1.29 is 13.9 Å². The van der Waals surface area contributed by atoms with Gasteiger partial charge in [-0.3, -0.25) is 4.79 Å². The van der Waals surface area contributed by atoms with E-state index in [-0.39, 0.29) is 18.3 Å². The van der Waals surface area contributed by atoms with Crippen LogP contribution in [-0.2, 0) is 4.79 Å². The lowest BCUT2D eigenvalue weighted by molar-refractivity contribution is -0.133. The third-order valence-corrected chi connectivity index (χ3v) is 5.27. The summed E-state index contributed by atoms with van der Waals surface area (Å²) in [5.74, 6) is 0.186. The fourth-order valence-corrected chi connectivity index (χ4v) is 3.52. The lowest BCUT2D eigenvalue weighted by Gasteiger charge is -2.35. The standard InChI is InChI=1S/C22H20ClFN4O2/c23-17-6-2-1-5-16(17)19-9-10-21(26-25-19)27-11-13-28(14-12-27)22(29)15-30-20-8-4-3-7-18(20)24/h1-10H,11-15H2. The van der Waals surface area contributed by atoms with Crippen LogP contribution in [0.2, 0.25) is 5.02 Å². The van der Waals surface area contributed by atoms with Crippen molar-refractivity contribution >= 4 is 23.3 Å². The van der Waals surface area contributed by atoms with E-state index in [0.717, 1.165) is 11.4 Å². The van der Waals surface area contributed by atoms with Gasteiger partial charge in [-0.1, -0.05) is 41.9 Å². The normalized spacial score (nSPS) is 13.9. The zero-order chi connectivity index (χ0) is 20.9. The first-order valence-electron chi connectivity index (χ1n) is 9.60.